The molecule has 0 radical (unpaired) electrons. The molecule has 24 heavy (non-hydrogen) atoms. The number of amides is 3. The molecule has 5 nitrogen and oxygen atoms in total. The molecule has 1 saturated heterocycles. The number of carbonyl (C=O) groups is 2. The van der Waals surface area contributed by atoms with Gasteiger partial charge in [-0.2, -0.15) is 0 Å². The van der Waals surface area contributed by atoms with Crippen LogP contribution in [-0.2, 0) is 4.79 Å². The summed E-state index contributed by atoms with van der Waals surface area (Å²) >= 11 is 0. The summed E-state index contributed by atoms with van der Waals surface area (Å²) in [6, 6.07) is 6.94. The van der Waals surface area contributed by atoms with E-state index >= 15 is 0 Å². The Balaban J connectivity index is 1.61. The summed E-state index contributed by atoms with van der Waals surface area (Å²) < 4.78 is 0. The summed E-state index contributed by atoms with van der Waals surface area (Å²) in [4.78, 5) is 30.8. The molecule has 5 heteroatoms. The maximum absolute atomic E-state index is 12.8. The van der Waals surface area contributed by atoms with Gasteiger partial charge < -0.3 is 5.32 Å². The Morgan fingerprint density at radius 3 is 2.71 bits per heavy atom. The van der Waals surface area contributed by atoms with Crippen LogP contribution < -0.4 is 10.2 Å². The van der Waals surface area contributed by atoms with Gasteiger partial charge in [0.15, 0.2) is 0 Å². The number of pyridine rings is 1. The molecule has 0 unspecified atom stereocenters. The molecular formula is C19H21N3O2. The second-order valence-electron chi connectivity index (χ2n) is 6.80. The van der Waals surface area contributed by atoms with Crippen molar-refractivity contribution in [2.45, 2.75) is 44.6 Å². The van der Waals surface area contributed by atoms with Gasteiger partial charge in [0, 0.05) is 17.0 Å². The summed E-state index contributed by atoms with van der Waals surface area (Å²) in [6.07, 6.45) is 10.2. The number of fused-ring (bicyclic) bond motifs is 1. The second kappa shape index (κ2) is 6.23. The lowest BCUT2D eigenvalue weighted by Gasteiger charge is -2.23. The first-order chi connectivity index (χ1) is 11.7. The number of nitrogens with zero attached hydrogens (tertiary/aromatic N) is 2. The summed E-state index contributed by atoms with van der Waals surface area (Å²) in [5.74, 6) is 0.391. The molecule has 1 N–H and O–H groups in total. The molecule has 2 aromatic rings. The first-order valence-corrected chi connectivity index (χ1v) is 8.71. The highest BCUT2D eigenvalue weighted by molar-refractivity contribution is 6.24. The van der Waals surface area contributed by atoms with E-state index in [-0.39, 0.29) is 11.9 Å². The van der Waals surface area contributed by atoms with Crippen LogP contribution in [0, 0.1) is 5.92 Å². The highest BCUT2D eigenvalue weighted by Gasteiger charge is 2.40. The SMILES string of the molecule is O=C1N[C@@H](CC2CCCCC2)C(=O)N1c1cncc2ccccc12. The number of urea groups is 1. The van der Waals surface area contributed by atoms with Crippen LogP contribution in [0.2, 0.25) is 0 Å². The molecule has 1 aromatic carbocycles. The van der Waals surface area contributed by atoms with Crippen molar-refractivity contribution in [2.75, 3.05) is 4.90 Å². The minimum atomic E-state index is -0.403. The van der Waals surface area contributed by atoms with Crippen molar-refractivity contribution >= 4 is 28.4 Å². The maximum atomic E-state index is 12.8. The van der Waals surface area contributed by atoms with Crippen LogP contribution in [0.15, 0.2) is 36.7 Å². The standard InChI is InChI=1S/C19H21N3O2/c23-18-16(10-13-6-2-1-3-7-13)21-19(24)22(18)17-12-20-11-14-8-4-5-9-15(14)17/h4-5,8-9,11-13,16H,1-3,6-7,10H2,(H,21,24)/t16-/m0/s1. The van der Waals surface area contributed by atoms with E-state index in [1.165, 1.54) is 24.2 Å². The van der Waals surface area contributed by atoms with E-state index in [0.717, 1.165) is 30.0 Å². The van der Waals surface area contributed by atoms with Crippen LogP contribution in [0.5, 0.6) is 0 Å². The van der Waals surface area contributed by atoms with Crippen molar-refractivity contribution < 1.29 is 9.59 Å². The van der Waals surface area contributed by atoms with E-state index in [1.807, 2.05) is 24.3 Å². The Labute approximate surface area is 141 Å². The molecule has 1 atom stereocenters. The monoisotopic (exact) mass is 323 g/mol. The quantitative estimate of drug-likeness (QED) is 0.877. The summed E-state index contributed by atoms with van der Waals surface area (Å²) in [5.41, 5.74) is 0.571. The van der Waals surface area contributed by atoms with Gasteiger partial charge in [-0.1, -0.05) is 56.4 Å². The fraction of sp³-hybridized carbons (Fsp3) is 0.421. The van der Waals surface area contributed by atoms with E-state index in [4.69, 9.17) is 0 Å². The number of hydrogen-bond donors (Lipinski definition) is 1. The number of carbonyl (C=O) groups excluding carboxylic acids is 2. The fourth-order valence-corrected chi connectivity index (χ4v) is 3.95. The predicted octanol–water partition coefficient (Wildman–Crippen LogP) is 3.63. The Morgan fingerprint density at radius 1 is 1.08 bits per heavy atom. The topological polar surface area (TPSA) is 62.3 Å². The van der Waals surface area contributed by atoms with Gasteiger partial charge in [-0.15, -0.1) is 0 Å². The highest BCUT2D eigenvalue weighted by atomic mass is 16.2. The van der Waals surface area contributed by atoms with E-state index in [0.29, 0.717) is 11.6 Å². The first-order valence-electron chi connectivity index (χ1n) is 8.71. The average molecular weight is 323 g/mol. The summed E-state index contributed by atoms with van der Waals surface area (Å²) in [7, 11) is 0. The molecule has 4 rings (SSSR count). The molecule has 1 aliphatic heterocycles. The van der Waals surface area contributed by atoms with Crippen LogP contribution in [0.1, 0.15) is 38.5 Å². The first kappa shape index (κ1) is 15.1. The maximum Gasteiger partial charge on any atom is 0.329 e. The number of hydrogen-bond acceptors (Lipinski definition) is 3. The van der Waals surface area contributed by atoms with Gasteiger partial charge in [0.2, 0.25) is 0 Å². The average Bonchev–Trinajstić information content (AvgIpc) is 2.89. The van der Waals surface area contributed by atoms with E-state index in [1.54, 1.807) is 12.4 Å². The molecule has 0 bridgehead atoms. The van der Waals surface area contributed by atoms with Gasteiger partial charge in [0.1, 0.15) is 6.04 Å². The third-order valence-electron chi connectivity index (χ3n) is 5.20. The molecule has 3 amide bonds. The third-order valence-corrected chi connectivity index (χ3v) is 5.20. The van der Waals surface area contributed by atoms with E-state index in [2.05, 4.69) is 10.3 Å². The smallest absolute Gasteiger partial charge is 0.325 e. The second-order valence-corrected chi connectivity index (χ2v) is 6.80. The Bertz CT molecular complexity index is 778. The van der Waals surface area contributed by atoms with Crippen molar-refractivity contribution in [3.05, 3.63) is 36.7 Å². The molecule has 2 fully saturated rings. The molecule has 0 spiro atoms. The lowest BCUT2D eigenvalue weighted by molar-refractivity contribution is -0.118. The van der Waals surface area contributed by atoms with Crippen LogP contribution in [-0.4, -0.2) is 23.0 Å². The Kier molecular flexibility index (Phi) is 3.92. The van der Waals surface area contributed by atoms with Crippen molar-refractivity contribution in [3.63, 3.8) is 0 Å². The lowest BCUT2D eigenvalue weighted by Crippen LogP contribution is -2.33. The number of nitrogens with one attached hydrogen (secondary N) is 1. The fourth-order valence-electron chi connectivity index (χ4n) is 3.95. The largest absolute Gasteiger partial charge is 0.329 e. The number of aromatic nitrogens is 1. The Morgan fingerprint density at radius 2 is 1.88 bits per heavy atom. The van der Waals surface area contributed by atoms with Crippen LogP contribution in [0.25, 0.3) is 10.8 Å². The van der Waals surface area contributed by atoms with Gasteiger partial charge in [-0.3, -0.25) is 9.78 Å². The zero-order chi connectivity index (χ0) is 16.5. The molecule has 2 aliphatic rings. The van der Waals surface area contributed by atoms with Crippen molar-refractivity contribution in [3.8, 4) is 0 Å². The van der Waals surface area contributed by atoms with Crippen molar-refractivity contribution in [2.24, 2.45) is 5.92 Å². The lowest BCUT2D eigenvalue weighted by atomic mass is 9.85. The molecule has 2 heterocycles. The number of rotatable bonds is 3. The van der Waals surface area contributed by atoms with Gasteiger partial charge in [-0.25, -0.2) is 9.69 Å². The normalized spacial score (nSPS) is 22.2. The molecule has 1 aliphatic carbocycles. The van der Waals surface area contributed by atoms with Crippen LogP contribution in [0.4, 0.5) is 10.5 Å². The minimum absolute atomic E-state index is 0.149. The number of benzene rings is 1. The zero-order valence-corrected chi connectivity index (χ0v) is 13.6. The predicted molar refractivity (Wildman–Crippen MR) is 92.7 cm³/mol. The van der Waals surface area contributed by atoms with E-state index in [9.17, 15) is 9.59 Å². The van der Waals surface area contributed by atoms with Gasteiger partial charge >= 0.3 is 6.03 Å². The van der Waals surface area contributed by atoms with Crippen molar-refractivity contribution in [1.82, 2.24) is 10.3 Å². The Hall–Kier alpha value is -2.43. The van der Waals surface area contributed by atoms with Gasteiger partial charge in [0.05, 0.1) is 11.9 Å². The molecule has 1 aromatic heterocycles. The number of imide groups is 1. The van der Waals surface area contributed by atoms with E-state index < -0.39 is 6.04 Å². The van der Waals surface area contributed by atoms with Crippen LogP contribution >= 0.6 is 0 Å². The summed E-state index contributed by atoms with van der Waals surface area (Å²) in [5, 5.41) is 4.67. The third kappa shape index (κ3) is 2.64. The number of anilines is 1. The van der Waals surface area contributed by atoms with Gasteiger partial charge in [-0.05, 0) is 12.3 Å². The van der Waals surface area contributed by atoms with Gasteiger partial charge in [0.25, 0.3) is 5.91 Å². The molecule has 124 valence electrons. The minimum Gasteiger partial charge on any atom is -0.325 e. The van der Waals surface area contributed by atoms with Crippen molar-refractivity contribution in [1.29, 1.82) is 0 Å². The highest BCUT2D eigenvalue weighted by Crippen LogP contribution is 2.32. The zero-order valence-electron chi connectivity index (χ0n) is 13.6. The summed E-state index contributed by atoms with van der Waals surface area (Å²) in [6.45, 7) is 0. The molecular weight excluding hydrogens is 302 g/mol. The van der Waals surface area contributed by atoms with Crippen LogP contribution in [0.3, 0.4) is 0 Å². The molecule has 1 saturated carbocycles.